The maximum atomic E-state index is 12.2. The average molecular weight is 294 g/mol. The Morgan fingerprint density at radius 1 is 1.33 bits per heavy atom. The van der Waals surface area contributed by atoms with E-state index >= 15 is 0 Å². The number of nitrogens with one attached hydrogen (secondary N) is 2. The number of carbonyl (C=O) groups excluding carboxylic acids is 2. The summed E-state index contributed by atoms with van der Waals surface area (Å²) in [6, 6.07) is 0. The Kier molecular flexibility index (Phi) is 3.48. The van der Waals surface area contributed by atoms with Gasteiger partial charge in [0.2, 0.25) is 11.8 Å². The highest BCUT2D eigenvalue weighted by atomic mass is 16.4. The number of nitrogens with zero attached hydrogens (tertiary/aromatic N) is 2. The van der Waals surface area contributed by atoms with Crippen molar-refractivity contribution in [2.75, 3.05) is 12.4 Å². The van der Waals surface area contributed by atoms with Crippen LogP contribution in [0.25, 0.3) is 0 Å². The molecule has 0 bridgehead atoms. The fourth-order valence-electron chi connectivity index (χ4n) is 1.96. The largest absolute Gasteiger partial charge is 0.479 e. The number of aliphatic carboxylic acids is 1. The maximum Gasteiger partial charge on any atom is 0.331 e. The molecule has 0 aliphatic heterocycles. The Labute approximate surface area is 121 Å². The Morgan fingerprint density at radius 2 is 1.95 bits per heavy atom. The van der Waals surface area contributed by atoms with Crippen molar-refractivity contribution in [3.8, 4) is 0 Å². The summed E-state index contributed by atoms with van der Waals surface area (Å²) in [7, 11) is 1.49. The summed E-state index contributed by atoms with van der Waals surface area (Å²) in [5, 5.41) is 18.2. The van der Waals surface area contributed by atoms with Crippen molar-refractivity contribution < 1.29 is 19.5 Å². The molecule has 2 rings (SSSR count). The van der Waals surface area contributed by atoms with Crippen molar-refractivity contribution in [3.63, 3.8) is 0 Å². The molecule has 0 spiro atoms. The van der Waals surface area contributed by atoms with Crippen molar-refractivity contribution >= 4 is 23.5 Å². The molecular formula is C13H18N4O4. The minimum Gasteiger partial charge on any atom is -0.479 e. The second-order valence-electron chi connectivity index (χ2n) is 5.65. The molecule has 0 atom stereocenters. The molecule has 0 unspecified atom stereocenters. The highest BCUT2D eigenvalue weighted by molar-refractivity contribution is 6.12. The molecule has 0 aromatic carbocycles. The SMILES string of the molecule is CNC(=O)C1(C(=O)Nc2cnn(C(C)(C)C(=O)O)c2)CC1. The van der Waals surface area contributed by atoms with Crippen LogP contribution in [0.3, 0.4) is 0 Å². The van der Waals surface area contributed by atoms with Crippen LogP contribution in [0.4, 0.5) is 5.69 Å². The van der Waals surface area contributed by atoms with Crippen LogP contribution in [-0.4, -0.2) is 39.7 Å². The molecule has 21 heavy (non-hydrogen) atoms. The molecule has 3 N–H and O–H groups in total. The Morgan fingerprint density at radius 3 is 2.43 bits per heavy atom. The molecule has 8 heteroatoms. The molecule has 1 fully saturated rings. The summed E-state index contributed by atoms with van der Waals surface area (Å²) in [4.78, 5) is 35.0. The van der Waals surface area contributed by atoms with Crippen LogP contribution in [0.1, 0.15) is 26.7 Å². The van der Waals surface area contributed by atoms with Crippen LogP contribution in [0, 0.1) is 5.41 Å². The van der Waals surface area contributed by atoms with Gasteiger partial charge in [-0.25, -0.2) is 4.79 Å². The number of hydrogen-bond donors (Lipinski definition) is 3. The molecular weight excluding hydrogens is 276 g/mol. The standard InChI is InChI=1S/C13H18N4O4/c1-12(2,11(20)21)17-7-8(6-15-17)16-10(19)13(4-5-13)9(18)14-3/h6-7H,4-5H2,1-3H3,(H,14,18)(H,16,19)(H,20,21). The van der Waals surface area contributed by atoms with Gasteiger partial charge in [0.15, 0.2) is 5.54 Å². The molecule has 0 radical (unpaired) electrons. The first-order valence-electron chi connectivity index (χ1n) is 6.56. The zero-order chi connectivity index (χ0) is 15.8. The fraction of sp³-hybridized carbons (Fsp3) is 0.538. The lowest BCUT2D eigenvalue weighted by molar-refractivity contribution is -0.146. The summed E-state index contributed by atoms with van der Waals surface area (Å²) in [5.41, 5.74) is -1.86. The highest BCUT2D eigenvalue weighted by Gasteiger charge is 2.56. The van der Waals surface area contributed by atoms with E-state index in [2.05, 4.69) is 15.7 Å². The molecule has 8 nitrogen and oxygen atoms in total. The zero-order valence-electron chi connectivity index (χ0n) is 12.1. The number of aromatic nitrogens is 2. The average Bonchev–Trinajstić information content (AvgIpc) is 3.11. The van der Waals surface area contributed by atoms with Crippen molar-refractivity contribution in [2.24, 2.45) is 5.41 Å². The first-order valence-corrected chi connectivity index (χ1v) is 6.56. The molecule has 114 valence electrons. The Bertz CT molecular complexity index is 601. The van der Waals surface area contributed by atoms with Crippen LogP contribution < -0.4 is 10.6 Å². The van der Waals surface area contributed by atoms with E-state index in [1.807, 2.05) is 0 Å². The van der Waals surface area contributed by atoms with Gasteiger partial charge in [-0.05, 0) is 26.7 Å². The van der Waals surface area contributed by atoms with Gasteiger partial charge < -0.3 is 15.7 Å². The number of carbonyl (C=O) groups is 3. The van der Waals surface area contributed by atoms with Gasteiger partial charge in [-0.1, -0.05) is 0 Å². The van der Waals surface area contributed by atoms with E-state index < -0.39 is 22.8 Å². The highest BCUT2D eigenvalue weighted by Crippen LogP contribution is 2.46. The van der Waals surface area contributed by atoms with E-state index in [-0.39, 0.29) is 5.91 Å². The molecule has 0 saturated heterocycles. The summed E-state index contributed by atoms with van der Waals surface area (Å²) in [6.07, 6.45) is 3.81. The predicted octanol–water partition coefficient (Wildman–Crippen LogP) is 0.167. The van der Waals surface area contributed by atoms with Crippen LogP contribution in [0.5, 0.6) is 0 Å². The summed E-state index contributed by atoms with van der Waals surface area (Å²) in [5.74, 6) is -1.74. The lowest BCUT2D eigenvalue weighted by Crippen LogP contribution is -2.38. The molecule has 1 aliphatic carbocycles. The number of hydrogen-bond acceptors (Lipinski definition) is 4. The third-order valence-corrected chi connectivity index (χ3v) is 3.78. The lowest BCUT2D eigenvalue weighted by atomic mass is 10.1. The van der Waals surface area contributed by atoms with Crippen LogP contribution >= 0.6 is 0 Å². The van der Waals surface area contributed by atoms with Crippen molar-refractivity contribution in [1.29, 1.82) is 0 Å². The minimum atomic E-state index is -1.22. The summed E-state index contributed by atoms with van der Waals surface area (Å²) in [6.45, 7) is 3.00. The van der Waals surface area contributed by atoms with Gasteiger partial charge in [0.05, 0.1) is 11.9 Å². The van der Waals surface area contributed by atoms with Gasteiger partial charge in [-0.3, -0.25) is 14.3 Å². The van der Waals surface area contributed by atoms with Crippen molar-refractivity contribution in [3.05, 3.63) is 12.4 Å². The lowest BCUT2D eigenvalue weighted by Gasteiger charge is -2.19. The van der Waals surface area contributed by atoms with E-state index in [9.17, 15) is 14.4 Å². The quantitative estimate of drug-likeness (QED) is 0.670. The van der Waals surface area contributed by atoms with E-state index in [4.69, 9.17) is 5.11 Å². The zero-order valence-corrected chi connectivity index (χ0v) is 12.1. The van der Waals surface area contributed by atoms with Gasteiger partial charge in [0, 0.05) is 13.2 Å². The molecule has 1 aromatic heterocycles. The first kappa shape index (κ1) is 15.0. The number of carboxylic acids is 1. The molecule has 1 aromatic rings. The van der Waals surface area contributed by atoms with E-state index in [0.29, 0.717) is 18.5 Å². The Hall–Kier alpha value is -2.38. The fourth-order valence-corrected chi connectivity index (χ4v) is 1.96. The number of anilines is 1. The second kappa shape index (κ2) is 4.87. The summed E-state index contributed by atoms with van der Waals surface area (Å²) < 4.78 is 1.25. The smallest absolute Gasteiger partial charge is 0.331 e. The first-order chi connectivity index (χ1) is 9.74. The third kappa shape index (κ3) is 2.48. The van der Waals surface area contributed by atoms with E-state index in [1.165, 1.54) is 38.0 Å². The maximum absolute atomic E-state index is 12.2. The number of rotatable bonds is 5. The minimum absolute atomic E-state index is 0.307. The molecule has 2 amide bonds. The normalized spacial score (nSPS) is 16.1. The monoisotopic (exact) mass is 294 g/mol. The van der Waals surface area contributed by atoms with Crippen molar-refractivity contribution in [1.82, 2.24) is 15.1 Å². The third-order valence-electron chi connectivity index (χ3n) is 3.78. The predicted molar refractivity (Wildman–Crippen MR) is 73.5 cm³/mol. The topological polar surface area (TPSA) is 113 Å². The van der Waals surface area contributed by atoms with Gasteiger partial charge in [-0.15, -0.1) is 0 Å². The van der Waals surface area contributed by atoms with Crippen LogP contribution in [-0.2, 0) is 19.9 Å². The van der Waals surface area contributed by atoms with Gasteiger partial charge >= 0.3 is 5.97 Å². The number of amides is 2. The van der Waals surface area contributed by atoms with Crippen LogP contribution in [0.15, 0.2) is 12.4 Å². The molecule has 1 aliphatic rings. The molecule has 1 saturated carbocycles. The van der Waals surface area contributed by atoms with Gasteiger partial charge in [-0.2, -0.15) is 5.10 Å². The van der Waals surface area contributed by atoms with Gasteiger partial charge in [0.25, 0.3) is 0 Å². The Balaban J connectivity index is 2.12. The van der Waals surface area contributed by atoms with E-state index in [0.717, 1.165) is 0 Å². The second-order valence-corrected chi connectivity index (χ2v) is 5.65. The van der Waals surface area contributed by atoms with Crippen LogP contribution in [0.2, 0.25) is 0 Å². The van der Waals surface area contributed by atoms with E-state index in [1.54, 1.807) is 0 Å². The summed E-state index contributed by atoms with van der Waals surface area (Å²) >= 11 is 0. The molecule has 1 heterocycles. The van der Waals surface area contributed by atoms with Gasteiger partial charge in [0.1, 0.15) is 5.41 Å². The number of carboxylic acid groups (broad SMARTS) is 1. The van der Waals surface area contributed by atoms with Crippen molar-refractivity contribution in [2.45, 2.75) is 32.2 Å².